The quantitative estimate of drug-likeness (QED) is 0.455. The van der Waals surface area contributed by atoms with E-state index in [0.717, 1.165) is 54.8 Å². The van der Waals surface area contributed by atoms with E-state index in [4.69, 9.17) is 0 Å². The lowest BCUT2D eigenvalue weighted by Gasteiger charge is -2.31. The third kappa shape index (κ3) is 5.06. The van der Waals surface area contributed by atoms with Crippen LogP contribution in [-0.4, -0.2) is 33.4 Å². The summed E-state index contributed by atoms with van der Waals surface area (Å²) >= 11 is 5.26. The molecule has 6 heteroatoms. The molecule has 4 rings (SSSR count). The maximum atomic E-state index is 12.6. The van der Waals surface area contributed by atoms with E-state index in [1.807, 2.05) is 41.4 Å². The second-order valence-electron chi connectivity index (χ2n) is 7.31. The van der Waals surface area contributed by atoms with Crippen LogP contribution in [0.15, 0.2) is 64.0 Å². The fourth-order valence-corrected chi connectivity index (χ4v) is 4.91. The fourth-order valence-electron chi connectivity index (χ4n) is 3.79. The number of aryl methyl sites for hydroxylation is 2. The van der Waals surface area contributed by atoms with Gasteiger partial charge in [0.25, 0.3) is 0 Å². The second kappa shape index (κ2) is 9.55. The predicted molar refractivity (Wildman–Crippen MR) is 122 cm³/mol. The fraction of sp³-hybridized carbons (Fsp3) is 0.304. The van der Waals surface area contributed by atoms with Crippen molar-refractivity contribution in [2.24, 2.45) is 0 Å². The molecule has 0 bridgehead atoms. The Balaban J connectivity index is 1.32. The molecule has 0 aliphatic carbocycles. The van der Waals surface area contributed by atoms with Gasteiger partial charge >= 0.3 is 0 Å². The van der Waals surface area contributed by atoms with E-state index in [1.54, 1.807) is 17.4 Å². The topological polar surface area (TPSA) is 38.1 Å². The van der Waals surface area contributed by atoms with Gasteiger partial charge < -0.3 is 9.47 Å². The number of imidazole rings is 1. The minimum Gasteiger partial charge on any atom is -0.339 e. The van der Waals surface area contributed by atoms with Crippen molar-refractivity contribution in [2.45, 2.75) is 31.7 Å². The molecule has 2 aromatic heterocycles. The summed E-state index contributed by atoms with van der Waals surface area (Å²) in [7, 11) is 0. The molecule has 1 aromatic carbocycles. The smallest absolute Gasteiger partial charge is 0.246 e. The molecule has 1 aliphatic heterocycles. The summed E-state index contributed by atoms with van der Waals surface area (Å²) in [6, 6.07) is 10.1. The lowest BCUT2D eigenvalue weighted by atomic mass is 9.95. The monoisotopic (exact) mass is 469 g/mol. The van der Waals surface area contributed by atoms with Crippen LogP contribution < -0.4 is 0 Å². The molecular weight excluding hydrogens is 446 g/mol. The van der Waals surface area contributed by atoms with E-state index in [1.165, 1.54) is 5.56 Å². The van der Waals surface area contributed by atoms with Crippen LogP contribution in [0.2, 0.25) is 0 Å². The molecule has 0 radical (unpaired) electrons. The highest BCUT2D eigenvalue weighted by atomic mass is 79.9. The summed E-state index contributed by atoms with van der Waals surface area (Å²) in [5, 5.41) is 4.34. The van der Waals surface area contributed by atoms with E-state index < -0.39 is 0 Å². The largest absolute Gasteiger partial charge is 0.339 e. The molecule has 1 amide bonds. The van der Waals surface area contributed by atoms with Gasteiger partial charge in [-0.3, -0.25) is 4.79 Å². The molecule has 1 aliphatic rings. The number of nitrogens with zero attached hydrogens (tertiary/aromatic N) is 3. The van der Waals surface area contributed by atoms with Gasteiger partial charge in [0.15, 0.2) is 0 Å². The lowest BCUT2D eigenvalue weighted by Crippen LogP contribution is -2.37. The Labute approximate surface area is 184 Å². The normalized spacial score (nSPS) is 15.3. The maximum absolute atomic E-state index is 12.6. The zero-order valence-corrected chi connectivity index (χ0v) is 18.6. The van der Waals surface area contributed by atoms with Crippen molar-refractivity contribution in [1.82, 2.24) is 14.5 Å². The standard InChI is InChI=1S/C23H24BrN3OS/c24-21-4-2-1-3-19(21)5-6-22(28)26-13-8-20(9-14-26)23-25-11-15-27(23)12-7-18-10-16-29-17-18/h1-6,10-11,15-17,20H,7-9,12-14H2. The van der Waals surface area contributed by atoms with E-state index in [0.29, 0.717) is 5.92 Å². The van der Waals surface area contributed by atoms with Gasteiger partial charge in [-0.05, 0) is 59.4 Å². The van der Waals surface area contributed by atoms with Crippen LogP contribution in [0.3, 0.4) is 0 Å². The molecule has 0 N–H and O–H groups in total. The van der Waals surface area contributed by atoms with Gasteiger partial charge in [-0.2, -0.15) is 11.3 Å². The average Bonchev–Trinajstić information content (AvgIpc) is 3.43. The van der Waals surface area contributed by atoms with Crippen LogP contribution in [0.1, 0.15) is 35.7 Å². The number of rotatable bonds is 6. The first-order valence-corrected chi connectivity index (χ1v) is 11.7. The first-order valence-electron chi connectivity index (χ1n) is 9.94. The third-order valence-electron chi connectivity index (χ3n) is 5.45. The number of aromatic nitrogens is 2. The molecular formula is C23H24BrN3OS. The number of hydrogen-bond acceptors (Lipinski definition) is 3. The van der Waals surface area contributed by atoms with Gasteiger partial charge in [-0.25, -0.2) is 4.98 Å². The second-order valence-corrected chi connectivity index (χ2v) is 8.95. The number of piperidine rings is 1. The lowest BCUT2D eigenvalue weighted by molar-refractivity contribution is -0.127. The Kier molecular flexibility index (Phi) is 6.62. The third-order valence-corrected chi connectivity index (χ3v) is 6.91. The van der Waals surface area contributed by atoms with Gasteiger partial charge in [0, 0.05) is 48.5 Å². The number of likely N-dealkylation sites (tertiary alicyclic amines) is 1. The van der Waals surface area contributed by atoms with E-state index in [-0.39, 0.29) is 5.91 Å². The van der Waals surface area contributed by atoms with Gasteiger partial charge in [-0.15, -0.1) is 0 Å². The summed E-state index contributed by atoms with van der Waals surface area (Å²) < 4.78 is 3.28. The molecule has 4 nitrogen and oxygen atoms in total. The SMILES string of the molecule is O=C(C=Cc1ccccc1Br)N1CCC(c2nccn2CCc2ccsc2)CC1. The van der Waals surface area contributed by atoms with Gasteiger partial charge in [0.2, 0.25) is 5.91 Å². The first-order chi connectivity index (χ1) is 14.2. The Morgan fingerprint density at radius 2 is 2.07 bits per heavy atom. The van der Waals surface area contributed by atoms with E-state index in [2.05, 4.69) is 48.5 Å². The summed E-state index contributed by atoms with van der Waals surface area (Å²) in [6.45, 7) is 2.52. The Bertz CT molecular complexity index is 972. The van der Waals surface area contributed by atoms with Crippen LogP contribution >= 0.6 is 27.3 Å². The van der Waals surface area contributed by atoms with Crippen LogP contribution in [0, 0.1) is 0 Å². The zero-order chi connectivity index (χ0) is 20.1. The molecule has 150 valence electrons. The summed E-state index contributed by atoms with van der Waals surface area (Å²) in [5.74, 6) is 1.67. The maximum Gasteiger partial charge on any atom is 0.246 e. The Hall–Kier alpha value is -2.18. The number of hydrogen-bond donors (Lipinski definition) is 0. The average molecular weight is 470 g/mol. The Morgan fingerprint density at radius 1 is 1.24 bits per heavy atom. The number of thiophene rings is 1. The van der Waals surface area contributed by atoms with Crippen molar-refractivity contribution in [3.05, 3.63) is 81.0 Å². The van der Waals surface area contributed by atoms with Crippen molar-refractivity contribution in [3.8, 4) is 0 Å². The molecule has 1 saturated heterocycles. The highest BCUT2D eigenvalue weighted by molar-refractivity contribution is 9.10. The molecule has 29 heavy (non-hydrogen) atoms. The van der Waals surface area contributed by atoms with Crippen molar-refractivity contribution in [1.29, 1.82) is 0 Å². The summed E-state index contributed by atoms with van der Waals surface area (Å²) in [4.78, 5) is 19.2. The van der Waals surface area contributed by atoms with Gasteiger partial charge in [0.1, 0.15) is 5.82 Å². The number of carbonyl (C=O) groups is 1. The molecule has 0 unspecified atom stereocenters. The van der Waals surface area contributed by atoms with Gasteiger partial charge in [-0.1, -0.05) is 34.1 Å². The predicted octanol–water partition coefficient (Wildman–Crippen LogP) is 5.37. The number of carbonyl (C=O) groups excluding carboxylic acids is 1. The summed E-state index contributed by atoms with van der Waals surface area (Å²) in [5.41, 5.74) is 2.40. The summed E-state index contributed by atoms with van der Waals surface area (Å²) in [6.07, 6.45) is 10.5. The highest BCUT2D eigenvalue weighted by Crippen LogP contribution is 2.27. The van der Waals surface area contributed by atoms with Crippen molar-refractivity contribution < 1.29 is 4.79 Å². The number of halogens is 1. The van der Waals surface area contributed by atoms with Crippen molar-refractivity contribution in [3.63, 3.8) is 0 Å². The number of amides is 1. The van der Waals surface area contributed by atoms with E-state index in [9.17, 15) is 4.79 Å². The van der Waals surface area contributed by atoms with E-state index >= 15 is 0 Å². The zero-order valence-electron chi connectivity index (χ0n) is 16.2. The van der Waals surface area contributed by atoms with Crippen molar-refractivity contribution >= 4 is 39.2 Å². The van der Waals surface area contributed by atoms with Crippen LogP contribution in [0.4, 0.5) is 0 Å². The first kappa shape index (κ1) is 20.1. The minimum atomic E-state index is 0.0833. The van der Waals surface area contributed by atoms with Gasteiger partial charge in [0.05, 0.1) is 0 Å². The Morgan fingerprint density at radius 3 is 2.83 bits per heavy atom. The number of benzene rings is 1. The van der Waals surface area contributed by atoms with Crippen LogP contribution in [-0.2, 0) is 17.8 Å². The van der Waals surface area contributed by atoms with Crippen LogP contribution in [0.25, 0.3) is 6.08 Å². The van der Waals surface area contributed by atoms with Crippen LogP contribution in [0.5, 0.6) is 0 Å². The minimum absolute atomic E-state index is 0.0833. The highest BCUT2D eigenvalue weighted by Gasteiger charge is 2.25. The molecule has 0 saturated carbocycles. The van der Waals surface area contributed by atoms with Crippen molar-refractivity contribution in [2.75, 3.05) is 13.1 Å². The molecule has 3 heterocycles. The molecule has 0 spiro atoms. The molecule has 1 fully saturated rings. The molecule has 0 atom stereocenters. The molecule has 3 aromatic rings.